The van der Waals surface area contributed by atoms with Gasteiger partial charge in [-0.3, -0.25) is 4.90 Å². The summed E-state index contributed by atoms with van der Waals surface area (Å²) in [6.45, 7) is 2.81. The lowest BCUT2D eigenvalue weighted by Gasteiger charge is -2.46. The van der Waals surface area contributed by atoms with Crippen LogP contribution in [0.3, 0.4) is 0 Å². The average molecular weight is 815 g/mol. The number of benzene rings is 4. The summed E-state index contributed by atoms with van der Waals surface area (Å²) in [6, 6.07) is 22.3. The molecule has 4 aromatic carbocycles. The van der Waals surface area contributed by atoms with Crippen molar-refractivity contribution in [3.63, 3.8) is 0 Å². The minimum atomic E-state index is -0.925. The van der Waals surface area contributed by atoms with Crippen molar-refractivity contribution in [2.24, 2.45) is 0 Å². The minimum absolute atomic E-state index is 0.0616. The van der Waals surface area contributed by atoms with E-state index >= 15 is 0 Å². The Bertz CT molecular complexity index is 2350. The number of nitrogens with zero attached hydrogens (tertiary/aromatic N) is 1. The van der Waals surface area contributed by atoms with Gasteiger partial charge in [0.05, 0.1) is 20.3 Å². The third-order valence-electron chi connectivity index (χ3n) is 13.0. The van der Waals surface area contributed by atoms with Gasteiger partial charge in [-0.05, 0) is 102 Å². The highest BCUT2D eigenvalue weighted by molar-refractivity contribution is 8.22. The highest BCUT2D eigenvalue weighted by atomic mass is 19.1. The van der Waals surface area contributed by atoms with Gasteiger partial charge in [-0.15, -0.1) is 0 Å². The molecule has 0 spiro atoms. The first-order valence-corrected chi connectivity index (χ1v) is 21.5. The molecule has 7 rings (SSSR count). The van der Waals surface area contributed by atoms with Crippen LogP contribution in [0, 0.1) is 18.6 Å². The molecule has 1 N–H and O–H groups in total. The van der Waals surface area contributed by atoms with Crippen molar-refractivity contribution in [1.29, 1.82) is 0 Å². The van der Waals surface area contributed by atoms with Gasteiger partial charge in [0.1, 0.15) is 24.0 Å². The zero-order valence-electron chi connectivity index (χ0n) is 37.1. The van der Waals surface area contributed by atoms with Gasteiger partial charge in [0.25, 0.3) is 0 Å². The Kier molecular flexibility index (Phi) is 17.8. The Morgan fingerprint density at radius 2 is 1.35 bits per heavy atom. The second-order valence-corrected chi connectivity index (χ2v) is 17.1. The fourth-order valence-electron chi connectivity index (χ4n) is 9.82. The van der Waals surface area contributed by atoms with Crippen LogP contribution >= 0.6 is 0 Å². The van der Waals surface area contributed by atoms with Gasteiger partial charge in [0.2, 0.25) is 0 Å². The van der Waals surface area contributed by atoms with Gasteiger partial charge >= 0.3 is 0 Å². The van der Waals surface area contributed by atoms with E-state index in [0.717, 1.165) is 52.9 Å². The summed E-state index contributed by atoms with van der Waals surface area (Å²) in [5.41, 5.74) is 8.23. The summed E-state index contributed by atoms with van der Waals surface area (Å²) in [5.74, 6) is 1.60. The molecule has 25 radical (unpaired) electrons. The lowest BCUT2D eigenvalue weighted by molar-refractivity contribution is 0.127. The number of aryl methyl sites for hydroxylation is 1. The minimum Gasteiger partial charge on any atom is -0.497 e. The van der Waals surface area contributed by atoms with Crippen LogP contribution in [-0.2, 0) is 19.4 Å². The molecule has 2 atom stereocenters. The van der Waals surface area contributed by atoms with Gasteiger partial charge in [-0.2, -0.15) is 0 Å². The van der Waals surface area contributed by atoms with E-state index in [1.807, 2.05) is 24.3 Å². The highest BCUT2D eigenvalue weighted by Crippen LogP contribution is 2.50. The van der Waals surface area contributed by atoms with Crippen LogP contribution in [0.25, 0.3) is 10.9 Å². The van der Waals surface area contributed by atoms with Gasteiger partial charge in [0, 0.05) is 193 Å². The van der Waals surface area contributed by atoms with E-state index in [1.165, 1.54) is 42.0 Å². The Balaban J connectivity index is 0.000000261. The SMILES string of the molecule is COc1ccc2[nH]c3c(c2c1)CC1c2cc(OCc4ccc(C)c(F)c4)c(OC)cc2CCN1C3c1ccc(F)cc1.[B][B]B([B])B(B([B])[B])B(B(B([B])[B])B([B])[B])B(B([B])[B])B([B])[B]. The van der Waals surface area contributed by atoms with E-state index < -0.39 is 63.9 Å². The molecule has 0 bridgehead atoms. The lowest BCUT2D eigenvalue weighted by Crippen LogP contribution is -2.83. The molecule has 2 aliphatic heterocycles. The molecule has 1 aromatic heterocycles. The summed E-state index contributed by atoms with van der Waals surface area (Å²) in [6.07, 6.45) is -6.39. The standard InChI is InChI=1S/C35H32F2N2O3.B23/c1-20-4-5-21(14-29(20)37)19-42-33-18-26-23(15-32(33)41-3)12-13-39-31(26)17-28-27-16-25(40-2)10-11-30(27)38-34(28)35(39)22-6-8-24(36)9-7-22;1-13-19(12)22(18(10)11)23(20(14(2)3)15(4)5)21(16(6)7)17(8)9/h4-11,14-16,18,31,35,38H,12-13,17,19H2,1-3H3;. The van der Waals surface area contributed by atoms with Crippen LogP contribution in [0.2, 0.25) is 0 Å². The fraction of sp³-hybridized carbons (Fsp3) is 0.257. The maximum absolute atomic E-state index is 14.2. The predicted octanol–water partition coefficient (Wildman–Crippen LogP) is -1.16. The van der Waals surface area contributed by atoms with Gasteiger partial charge in [0.15, 0.2) is 11.5 Å². The number of hydrogen-bond acceptors (Lipinski definition) is 4. The molecule has 5 aromatic rings. The van der Waals surface area contributed by atoms with Crippen molar-refractivity contribution in [3.8, 4) is 17.2 Å². The number of hydrogen-bond donors (Lipinski definition) is 1. The van der Waals surface area contributed by atoms with Crippen LogP contribution in [0.15, 0.2) is 72.8 Å². The molecule has 283 valence electrons. The topological polar surface area (TPSA) is 46.7 Å². The van der Waals surface area contributed by atoms with Crippen molar-refractivity contribution in [3.05, 3.63) is 124 Å². The number of methoxy groups -OCH3 is 2. The van der Waals surface area contributed by atoms with Crippen LogP contribution in [0.1, 0.15) is 51.2 Å². The molecule has 2 unspecified atom stereocenters. The van der Waals surface area contributed by atoms with Crippen LogP contribution in [0.4, 0.5) is 8.78 Å². The quantitative estimate of drug-likeness (QED) is 0.128. The maximum Gasteiger partial charge on any atom is 0.162 e. The first-order chi connectivity index (χ1) is 30.9. The van der Waals surface area contributed by atoms with Crippen molar-refractivity contribution in [2.45, 2.75) is 38.5 Å². The molecule has 65 heavy (non-hydrogen) atoms. The summed E-state index contributed by atoms with van der Waals surface area (Å²) >= 11 is 0. The van der Waals surface area contributed by atoms with E-state index in [9.17, 15) is 8.78 Å². The number of ether oxygens (including phenoxy) is 3. The molecule has 0 fully saturated rings. The molecular weight excluding hydrogens is 783 g/mol. The maximum atomic E-state index is 14.2. The van der Waals surface area contributed by atoms with Gasteiger partial charge < -0.3 is 19.2 Å². The van der Waals surface area contributed by atoms with Crippen LogP contribution < -0.4 is 14.2 Å². The number of nitrogens with one attached hydrogen (secondary N) is 1. The van der Waals surface area contributed by atoms with Crippen molar-refractivity contribution in [2.75, 3.05) is 20.8 Å². The Labute approximate surface area is 405 Å². The highest BCUT2D eigenvalue weighted by Gasteiger charge is 2.47. The Morgan fingerprint density at radius 1 is 0.723 bits per heavy atom. The van der Waals surface area contributed by atoms with Crippen molar-refractivity contribution < 1.29 is 23.0 Å². The monoisotopic (exact) mass is 819 g/mol. The number of aromatic amines is 1. The van der Waals surface area contributed by atoms with E-state index in [4.69, 9.17) is 107 Å². The zero-order chi connectivity index (χ0) is 47.4. The molecule has 2 aliphatic rings. The Hall–Kier alpha value is -2.87. The van der Waals surface area contributed by atoms with E-state index in [1.54, 1.807) is 27.2 Å². The first-order valence-electron chi connectivity index (χ1n) is 21.5. The first kappa shape index (κ1) is 51.5. The Morgan fingerprint density at radius 3 is 1.91 bits per heavy atom. The molecule has 3 heterocycles. The number of halogens is 2. The molecular formula is C35H32B23F2N2O3. The molecule has 0 amide bonds. The number of H-pyrrole nitrogens is 1. The third-order valence-corrected chi connectivity index (χ3v) is 13.0. The predicted molar refractivity (Wildman–Crippen MR) is 291 cm³/mol. The van der Waals surface area contributed by atoms with Crippen LogP contribution in [0.5, 0.6) is 17.2 Å². The van der Waals surface area contributed by atoms with Crippen LogP contribution in [-0.4, -0.2) is 194 Å². The normalized spacial score (nSPS) is 14.8. The van der Waals surface area contributed by atoms with E-state index in [0.29, 0.717) is 17.1 Å². The second-order valence-electron chi connectivity index (χ2n) is 17.1. The number of fused-ring (bicyclic) bond motifs is 6. The number of rotatable bonds is 16. The smallest absolute Gasteiger partial charge is 0.162 e. The average Bonchev–Trinajstić information content (AvgIpc) is 3.62. The third kappa shape index (κ3) is 11.4. The summed E-state index contributed by atoms with van der Waals surface area (Å²) in [4.78, 5) is 6.21. The lowest BCUT2D eigenvalue weighted by atomic mass is 8.36. The van der Waals surface area contributed by atoms with Crippen molar-refractivity contribution >= 4 is 175 Å². The number of aromatic nitrogens is 1. The molecule has 0 saturated carbocycles. The van der Waals surface area contributed by atoms with Gasteiger partial charge in [-0.1, -0.05) is 24.3 Å². The molecule has 0 saturated heterocycles. The van der Waals surface area contributed by atoms with Gasteiger partial charge in [-0.25, -0.2) is 8.78 Å². The fourth-order valence-corrected chi connectivity index (χ4v) is 9.82. The summed E-state index contributed by atoms with van der Waals surface area (Å²) in [5, 5.41) is 1.13. The largest absolute Gasteiger partial charge is 0.497 e. The van der Waals surface area contributed by atoms with E-state index in [2.05, 4.69) is 34.1 Å². The van der Waals surface area contributed by atoms with Crippen molar-refractivity contribution in [1.82, 2.24) is 9.88 Å². The zero-order valence-corrected chi connectivity index (χ0v) is 37.1. The van der Waals surface area contributed by atoms with E-state index in [-0.39, 0.29) is 30.3 Å². The molecule has 30 heteroatoms. The summed E-state index contributed by atoms with van der Waals surface area (Å²) < 4.78 is 45.8. The summed E-state index contributed by atoms with van der Waals surface area (Å²) in [7, 11) is 74.7. The molecule has 5 nitrogen and oxygen atoms in total. The second kappa shape index (κ2) is 22.5. The molecule has 0 aliphatic carbocycles.